The summed E-state index contributed by atoms with van der Waals surface area (Å²) in [5.74, 6) is 0.311. The molecule has 0 atom stereocenters. The SMILES string of the molecule is COCc1c(C(=O)OC(C)C)ncc2[nH]c3ccc(Oc4ccc([N+](=O)[O-])c(Cl)c4)cc3c12. The second-order valence-corrected chi connectivity index (χ2v) is 7.97. The van der Waals surface area contributed by atoms with Gasteiger partial charge in [-0.25, -0.2) is 9.78 Å². The summed E-state index contributed by atoms with van der Waals surface area (Å²) < 4.78 is 16.6. The molecule has 9 nitrogen and oxygen atoms in total. The number of carbonyl (C=O) groups excluding carboxylic acids is 1. The van der Waals surface area contributed by atoms with E-state index in [1.54, 1.807) is 32.2 Å². The minimum absolute atomic E-state index is 0.0209. The zero-order chi connectivity index (χ0) is 23.7. The molecule has 0 aliphatic rings. The molecule has 0 aliphatic heterocycles. The Labute approximate surface area is 193 Å². The first-order valence-corrected chi connectivity index (χ1v) is 10.4. The molecule has 0 amide bonds. The fraction of sp³-hybridized carbons (Fsp3) is 0.217. The molecule has 0 fully saturated rings. The van der Waals surface area contributed by atoms with Crippen LogP contribution in [0.5, 0.6) is 11.5 Å². The van der Waals surface area contributed by atoms with Gasteiger partial charge in [0.05, 0.1) is 29.3 Å². The lowest BCUT2D eigenvalue weighted by atomic mass is 10.1. The molecule has 2 heterocycles. The van der Waals surface area contributed by atoms with Crippen LogP contribution in [0, 0.1) is 10.1 Å². The highest BCUT2D eigenvalue weighted by Gasteiger charge is 2.21. The van der Waals surface area contributed by atoms with E-state index in [1.807, 2.05) is 6.07 Å². The molecule has 0 bridgehead atoms. The topological polar surface area (TPSA) is 117 Å². The number of esters is 1. The van der Waals surface area contributed by atoms with E-state index in [9.17, 15) is 14.9 Å². The predicted octanol–water partition coefficient (Wildman–Crippen LogP) is 5.78. The zero-order valence-electron chi connectivity index (χ0n) is 18.0. The Morgan fingerprint density at radius 1 is 1.18 bits per heavy atom. The standard InChI is InChI=1S/C23H20ClN3O6/c1-12(2)32-23(28)22-16(11-31-3)21-15-8-13(4-6-18(15)26-19(21)10-25-22)33-14-5-7-20(27(29)30)17(24)9-14/h4-10,12,26H,11H2,1-3H3. The highest BCUT2D eigenvalue weighted by molar-refractivity contribution is 6.32. The summed E-state index contributed by atoms with van der Waals surface area (Å²) in [6, 6.07) is 9.55. The van der Waals surface area contributed by atoms with Crippen molar-refractivity contribution in [3.63, 3.8) is 0 Å². The van der Waals surface area contributed by atoms with Gasteiger partial charge in [-0.2, -0.15) is 0 Å². The molecule has 170 valence electrons. The maximum atomic E-state index is 12.6. The summed E-state index contributed by atoms with van der Waals surface area (Å²) in [7, 11) is 1.54. The van der Waals surface area contributed by atoms with E-state index in [0.717, 1.165) is 21.8 Å². The first kappa shape index (κ1) is 22.5. The van der Waals surface area contributed by atoms with Crippen molar-refractivity contribution in [1.82, 2.24) is 9.97 Å². The third kappa shape index (κ3) is 4.46. The van der Waals surface area contributed by atoms with Crippen LogP contribution in [0.4, 0.5) is 5.69 Å². The van der Waals surface area contributed by atoms with E-state index in [2.05, 4.69) is 9.97 Å². The molecule has 0 saturated heterocycles. The summed E-state index contributed by atoms with van der Waals surface area (Å²) in [5, 5.41) is 12.5. The van der Waals surface area contributed by atoms with E-state index in [-0.39, 0.29) is 29.1 Å². The van der Waals surface area contributed by atoms with Crippen molar-refractivity contribution in [2.45, 2.75) is 26.6 Å². The smallest absolute Gasteiger partial charge is 0.357 e. The first-order valence-electron chi connectivity index (χ1n) is 10.0. The molecule has 0 spiro atoms. The number of rotatable bonds is 7. The molecule has 4 rings (SSSR count). The molecule has 2 aromatic carbocycles. The summed E-state index contributed by atoms with van der Waals surface area (Å²) in [4.78, 5) is 30.6. The molecule has 4 aromatic rings. The number of nitrogens with one attached hydrogen (secondary N) is 1. The van der Waals surface area contributed by atoms with Gasteiger partial charge in [-0.05, 0) is 38.1 Å². The fourth-order valence-electron chi connectivity index (χ4n) is 3.57. The number of halogens is 1. The van der Waals surface area contributed by atoms with Crippen molar-refractivity contribution in [2.24, 2.45) is 0 Å². The average molecular weight is 470 g/mol. The number of nitrogens with zero attached hydrogens (tertiary/aromatic N) is 2. The molecule has 10 heteroatoms. The van der Waals surface area contributed by atoms with Crippen LogP contribution >= 0.6 is 11.6 Å². The van der Waals surface area contributed by atoms with Crippen molar-refractivity contribution < 1.29 is 23.9 Å². The predicted molar refractivity (Wildman–Crippen MR) is 123 cm³/mol. The lowest BCUT2D eigenvalue weighted by Crippen LogP contribution is -2.15. The molecule has 1 N–H and O–H groups in total. The van der Waals surface area contributed by atoms with E-state index in [1.165, 1.54) is 25.3 Å². The number of hydrogen-bond acceptors (Lipinski definition) is 7. The molecule has 2 aromatic heterocycles. The van der Waals surface area contributed by atoms with Gasteiger partial charge in [-0.15, -0.1) is 0 Å². The number of H-pyrrole nitrogens is 1. The van der Waals surface area contributed by atoms with Gasteiger partial charge in [0, 0.05) is 41.1 Å². The third-order valence-corrected chi connectivity index (χ3v) is 5.19. The van der Waals surface area contributed by atoms with Crippen LogP contribution in [-0.2, 0) is 16.1 Å². The zero-order valence-corrected chi connectivity index (χ0v) is 18.8. The average Bonchev–Trinajstić information content (AvgIpc) is 3.11. The quantitative estimate of drug-likeness (QED) is 0.207. The minimum Gasteiger partial charge on any atom is -0.458 e. The van der Waals surface area contributed by atoms with Gasteiger partial charge >= 0.3 is 5.97 Å². The molecule has 0 unspecified atom stereocenters. The van der Waals surface area contributed by atoms with Gasteiger partial charge in [-0.1, -0.05) is 11.6 Å². The summed E-state index contributed by atoms with van der Waals surface area (Å²) in [5.41, 5.74) is 2.13. The van der Waals surface area contributed by atoms with Crippen LogP contribution in [0.1, 0.15) is 29.9 Å². The summed E-state index contributed by atoms with van der Waals surface area (Å²) in [6.07, 6.45) is 1.30. The van der Waals surface area contributed by atoms with Crippen LogP contribution in [0.15, 0.2) is 42.6 Å². The summed E-state index contributed by atoms with van der Waals surface area (Å²) >= 11 is 5.99. The monoisotopic (exact) mass is 469 g/mol. The summed E-state index contributed by atoms with van der Waals surface area (Å²) in [6.45, 7) is 3.70. The Bertz CT molecular complexity index is 1380. The van der Waals surface area contributed by atoms with Crippen LogP contribution in [-0.4, -0.2) is 34.1 Å². The van der Waals surface area contributed by atoms with E-state index in [4.69, 9.17) is 25.8 Å². The lowest BCUT2D eigenvalue weighted by Gasteiger charge is -2.12. The Balaban J connectivity index is 1.80. The number of aromatic nitrogens is 2. The number of ether oxygens (including phenoxy) is 3. The van der Waals surface area contributed by atoms with Gasteiger partial charge in [0.25, 0.3) is 5.69 Å². The Morgan fingerprint density at radius 2 is 1.91 bits per heavy atom. The van der Waals surface area contributed by atoms with E-state index in [0.29, 0.717) is 17.1 Å². The van der Waals surface area contributed by atoms with Gasteiger partial charge in [0.15, 0.2) is 5.69 Å². The lowest BCUT2D eigenvalue weighted by molar-refractivity contribution is -0.384. The van der Waals surface area contributed by atoms with E-state index < -0.39 is 10.9 Å². The number of nitro benzene ring substituents is 1. The van der Waals surface area contributed by atoms with Crippen molar-refractivity contribution >= 4 is 45.1 Å². The minimum atomic E-state index is -0.558. The number of aromatic amines is 1. The number of methoxy groups -OCH3 is 1. The van der Waals surface area contributed by atoms with Crippen molar-refractivity contribution in [2.75, 3.05) is 7.11 Å². The normalized spacial score (nSPS) is 11.3. The number of fused-ring (bicyclic) bond motifs is 3. The Kier molecular flexibility index (Phi) is 6.17. The molecular weight excluding hydrogens is 450 g/mol. The first-order chi connectivity index (χ1) is 15.8. The molecule has 0 radical (unpaired) electrons. The number of nitro groups is 1. The number of hydrogen-bond donors (Lipinski definition) is 1. The van der Waals surface area contributed by atoms with Gasteiger partial charge < -0.3 is 19.2 Å². The van der Waals surface area contributed by atoms with Gasteiger partial charge in [-0.3, -0.25) is 10.1 Å². The largest absolute Gasteiger partial charge is 0.458 e. The highest BCUT2D eigenvalue weighted by Crippen LogP contribution is 2.35. The van der Waals surface area contributed by atoms with Gasteiger partial charge in [0.1, 0.15) is 16.5 Å². The number of benzene rings is 2. The second-order valence-electron chi connectivity index (χ2n) is 7.57. The number of carbonyl (C=O) groups is 1. The van der Waals surface area contributed by atoms with Crippen molar-refractivity contribution in [3.05, 3.63) is 69.0 Å². The Morgan fingerprint density at radius 3 is 2.58 bits per heavy atom. The molecular formula is C23H20ClN3O6. The molecule has 0 aliphatic carbocycles. The maximum absolute atomic E-state index is 12.6. The fourth-order valence-corrected chi connectivity index (χ4v) is 3.81. The van der Waals surface area contributed by atoms with Crippen LogP contribution in [0.3, 0.4) is 0 Å². The van der Waals surface area contributed by atoms with Gasteiger partial charge in [0.2, 0.25) is 0 Å². The second kappa shape index (κ2) is 9.05. The van der Waals surface area contributed by atoms with Crippen molar-refractivity contribution in [3.8, 4) is 11.5 Å². The van der Waals surface area contributed by atoms with Crippen LogP contribution in [0.2, 0.25) is 5.02 Å². The Hall–Kier alpha value is -3.69. The maximum Gasteiger partial charge on any atom is 0.357 e. The highest BCUT2D eigenvalue weighted by atomic mass is 35.5. The third-order valence-electron chi connectivity index (χ3n) is 4.89. The van der Waals surface area contributed by atoms with Crippen LogP contribution in [0.25, 0.3) is 21.8 Å². The number of pyridine rings is 1. The van der Waals surface area contributed by atoms with Crippen molar-refractivity contribution in [1.29, 1.82) is 0 Å². The van der Waals surface area contributed by atoms with Crippen LogP contribution < -0.4 is 4.74 Å². The van der Waals surface area contributed by atoms with E-state index >= 15 is 0 Å². The molecule has 0 saturated carbocycles. The molecule has 33 heavy (non-hydrogen) atoms.